The predicted molar refractivity (Wildman–Crippen MR) is 115 cm³/mol. The van der Waals surface area contributed by atoms with Crippen LogP contribution >= 0.6 is 11.3 Å². The van der Waals surface area contributed by atoms with Crippen molar-refractivity contribution in [1.82, 2.24) is 4.90 Å². The molecule has 31 heavy (non-hydrogen) atoms. The molecule has 1 aromatic heterocycles. The van der Waals surface area contributed by atoms with Gasteiger partial charge in [-0.1, -0.05) is 12.1 Å². The normalized spacial score (nSPS) is 14.0. The van der Waals surface area contributed by atoms with Crippen molar-refractivity contribution in [3.8, 4) is 0 Å². The number of amides is 2. The summed E-state index contributed by atoms with van der Waals surface area (Å²) in [6.45, 7) is 2.56. The van der Waals surface area contributed by atoms with Gasteiger partial charge in [0.1, 0.15) is 0 Å². The lowest BCUT2D eigenvalue weighted by atomic mass is 9.97. The first kappa shape index (κ1) is 22.5. The number of carbonyl (C=O) groups excluding carboxylic acids is 4. The highest BCUT2D eigenvalue weighted by molar-refractivity contribution is 7.12. The summed E-state index contributed by atoms with van der Waals surface area (Å²) in [7, 11) is 0. The van der Waals surface area contributed by atoms with E-state index in [2.05, 4.69) is 5.32 Å². The van der Waals surface area contributed by atoms with Gasteiger partial charge in [0.2, 0.25) is 0 Å². The molecule has 1 fully saturated rings. The number of anilines is 1. The highest BCUT2D eigenvalue weighted by atomic mass is 32.1. The van der Waals surface area contributed by atoms with Crippen LogP contribution < -0.4 is 5.32 Å². The second-order valence-electron chi connectivity index (χ2n) is 7.00. The first-order valence-electron chi connectivity index (χ1n) is 10.0. The number of rotatable bonds is 7. The molecule has 2 amide bonds. The van der Waals surface area contributed by atoms with Gasteiger partial charge in [0.25, 0.3) is 11.8 Å². The lowest BCUT2D eigenvalue weighted by molar-refractivity contribution is -0.151. The van der Waals surface area contributed by atoms with Crippen LogP contribution in [0.1, 0.15) is 39.8 Å². The second kappa shape index (κ2) is 10.7. The molecule has 2 aromatic rings. The van der Waals surface area contributed by atoms with E-state index >= 15 is 0 Å². The highest BCUT2D eigenvalue weighted by Crippen LogP contribution is 2.19. The summed E-state index contributed by atoms with van der Waals surface area (Å²) in [5.74, 6) is -1.65. The van der Waals surface area contributed by atoms with Crippen molar-refractivity contribution in [2.24, 2.45) is 5.92 Å². The van der Waals surface area contributed by atoms with E-state index in [4.69, 9.17) is 9.47 Å². The predicted octanol–water partition coefficient (Wildman–Crippen LogP) is 2.96. The summed E-state index contributed by atoms with van der Waals surface area (Å²) in [5.41, 5.74) is 0.693. The molecule has 1 aliphatic rings. The Morgan fingerprint density at radius 2 is 1.87 bits per heavy atom. The zero-order valence-electron chi connectivity index (χ0n) is 17.2. The second-order valence-corrected chi connectivity index (χ2v) is 7.94. The fraction of sp³-hybridized carbons (Fsp3) is 0.364. The van der Waals surface area contributed by atoms with Crippen LogP contribution in [0.2, 0.25) is 0 Å². The van der Waals surface area contributed by atoms with E-state index in [1.54, 1.807) is 47.5 Å². The van der Waals surface area contributed by atoms with Crippen LogP contribution in [0.15, 0.2) is 41.8 Å². The molecule has 0 bridgehead atoms. The molecule has 0 saturated carbocycles. The van der Waals surface area contributed by atoms with E-state index in [1.807, 2.05) is 0 Å². The van der Waals surface area contributed by atoms with E-state index in [-0.39, 0.29) is 35.9 Å². The number of hydrogen-bond acceptors (Lipinski definition) is 7. The number of esters is 2. The Bertz CT molecular complexity index is 935. The molecular formula is C22H24N2O6S. The first-order valence-corrected chi connectivity index (χ1v) is 10.9. The van der Waals surface area contributed by atoms with Crippen LogP contribution in [-0.2, 0) is 19.1 Å². The van der Waals surface area contributed by atoms with Gasteiger partial charge in [-0.3, -0.25) is 14.4 Å². The third-order valence-corrected chi connectivity index (χ3v) is 5.76. The summed E-state index contributed by atoms with van der Waals surface area (Å²) in [4.78, 5) is 50.8. The largest absolute Gasteiger partial charge is 0.466 e. The van der Waals surface area contributed by atoms with E-state index in [0.717, 1.165) is 0 Å². The fourth-order valence-electron chi connectivity index (χ4n) is 3.25. The quantitative estimate of drug-likeness (QED) is 0.659. The van der Waals surface area contributed by atoms with Crippen LogP contribution in [0, 0.1) is 5.92 Å². The van der Waals surface area contributed by atoms with Gasteiger partial charge in [-0.15, -0.1) is 11.3 Å². The van der Waals surface area contributed by atoms with E-state index < -0.39 is 5.97 Å². The molecule has 0 unspecified atom stereocenters. The third kappa shape index (κ3) is 6.14. The minimum absolute atomic E-state index is 0.196. The highest BCUT2D eigenvalue weighted by Gasteiger charge is 2.28. The zero-order valence-corrected chi connectivity index (χ0v) is 18.0. The Labute approximate surface area is 184 Å². The van der Waals surface area contributed by atoms with E-state index in [1.165, 1.54) is 17.4 Å². The van der Waals surface area contributed by atoms with Gasteiger partial charge in [0.15, 0.2) is 6.61 Å². The van der Waals surface area contributed by atoms with Gasteiger partial charge in [0, 0.05) is 18.8 Å². The van der Waals surface area contributed by atoms with Crippen LogP contribution in [0.25, 0.3) is 0 Å². The standard InChI is InChI=1S/C22H24N2O6S/c1-2-29-21(27)15-8-10-24(11-9-15)19(25)14-30-22(28)16-5-3-6-17(13-16)23-20(26)18-7-4-12-31-18/h3-7,12-13,15H,2,8-11,14H2,1H3,(H,23,26). The molecule has 1 aromatic carbocycles. The fourth-order valence-corrected chi connectivity index (χ4v) is 3.87. The number of benzene rings is 1. The number of piperidine rings is 1. The lowest BCUT2D eigenvalue weighted by Crippen LogP contribution is -2.42. The third-order valence-electron chi connectivity index (χ3n) is 4.90. The van der Waals surface area contributed by atoms with Crippen LogP contribution in [-0.4, -0.2) is 55.0 Å². The summed E-state index contributed by atoms with van der Waals surface area (Å²) in [6, 6.07) is 9.84. The molecule has 0 spiro atoms. The minimum atomic E-state index is -0.651. The number of nitrogens with one attached hydrogen (secondary N) is 1. The molecule has 1 saturated heterocycles. The van der Waals surface area contributed by atoms with Crippen LogP contribution in [0.3, 0.4) is 0 Å². The number of nitrogens with zero attached hydrogens (tertiary/aromatic N) is 1. The van der Waals surface area contributed by atoms with Crippen molar-refractivity contribution in [3.63, 3.8) is 0 Å². The number of hydrogen-bond donors (Lipinski definition) is 1. The smallest absolute Gasteiger partial charge is 0.338 e. The minimum Gasteiger partial charge on any atom is -0.466 e. The van der Waals surface area contributed by atoms with Crippen molar-refractivity contribution < 1.29 is 28.7 Å². The van der Waals surface area contributed by atoms with Gasteiger partial charge in [-0.2, -0.15) is 0 Å². The summed E-state index contributed by atoms with van der Waals surface area (Å²) >= 11 is 1.32. The molecule has 164 valence electrons. The molecule has 0 atom stereocenters. The topological polar surface area (TPSA) is 102 Å². The summed E-state index contributed by atoms with van der Waals surface area (Å²) in [6.07, 6.45) is 1.06. The number of carbonyl (C=O) groups is 4. The van der Waals surface area contributed by atoms with Crippen LogP contribution in [0.4, 0.5) is 5.69 Å². The first-order chi connectivity index (χ1) is 15.0. The summed E-state index contributed by atoms with van der Waals surface area (Å²) < 4.78 is 10.2. The van der Waals surface area contributed by atoms with Gasteiger partial charge in [0.05, 0.1) is 23.0 Å². The van der Waals surface area contributed by atoms with Crippen molar-refractivity contribution >= 4 is 40.8 Å². The maximum absolute atomic E-state index is 12.4. The average Bonchev–Trinajstić information content (AvgIpc) is 3.33. The molecule has 3 rings (SSSR count). The maximum atomic E-state index is 12.4. The number of likely N-dealkylation sites (tertiary alicyclic amines) is 1. The number of ether oxygens (including phenoxy) is 2. The SMILES string of the molecule is CCOC(=O)C1CCN(C(=O)COC(=O)c2cccc(NC(=O)c3cccs3)c2)CC1. The van der Waals surface area contributed by atoms with Gasteiger partial charge < -0.3 is 19.7 Å². The van der Waals surface area contributed by atoms with E-state index in [9.17, 15) is 19.2 Å². The lowest BCUT2D eigenvalue weighted by Gasteiger charge is -2.30. The molecule has 1 aliphatic heterocycles. The van der Waals surface area contributed by atoms with Gasteiger partial charge in [-0.05, 0) is 49.4 Å². The Morgan fingerprint density at radius 1 is 1.10 bits per heavy atom. The molecule has 2 heterocycles. The van der Waals surface area contributed by atoms with Crippen molar-refractivity contribution in [3.05, 3.63) is 52.2 Å². The molecule has 9 heteroatoms. The molecule has 0 radical (unpaired) electrons. The average molecular weight is 445 g/mol. The van der Waals surface area contributed by atoms with Crippen molar-refractivity contribution in [2.45, 2.75) is 19.8 Å². The zero-order chi connectivity index (χ0) is 22.2. The number of thiophene rings is 1. The van der Waals surface area contributed by atoms with Gasteiger partial charge in [-0.25, -0.2) is 4.79 Å². The maximum Gasteiger partial charge on any atom is 0.338 e. The molecule has 0 aliphatic carbocycles. The van der Waals surface area contributed by atoms with Crippen molar-refractivity contribution in [2.75, 3.05) is 31.6 Å². The molecular weight excluding hydrogens is 420 g/mol. The Kier molecular flexibility index (Phi) is 7.77. The van der Waals surface area contributed by atoms with Crippen molar-refractivity contribution in [1.29, 1.82) is 0 Å². The van der Waals surface area contributed by atoms with E-state index in [0.29, 0.717) is 43.1 Å². The van der Waals surface area contributed by atoms with Crippen LogP contribution in [0.5, 0.6) is 0 Å². The monoisotopic (exact) mass is 444 g/mol. The Morgan fingerprint density at radius 3 is 2.55 bits per heavy atom. The Balaban J connectivity index is 1.48. The summed E-state index contributed by atoms with van der Waals surface area (Å²) in [5, 5.41) is 4.53. The Hall–Kier alpha value is -3.20. The molecule has 1 N–H and O–H groups in total. The van der Waals surface area contributed by atoms with Gasteiger partial charge >= 0.3 is 11.9 Å². The molecule has 8 nitrogen and oxygen atoms in total.